The fourth-order valence-corrected chi connectivity index (χ4v) is 10.0. The van der Waals surface area contributed by atoms with E-state index in [9.17, 15) is 34.8 Å². The van der Waals surface area contributed by atoms with Crippen LogP contribution in [0.15, 0.2) is 47.2 Å². The van der Waals surface area contributed by atoms with Crippen LogP contribution < -0.4 is 0 Å². The molecule has 2 aromatic rings. The number of phenolic OH excluding ortho intramolecular Hbond substituents is 1. The van der Waals surface area contributed by atoms with Crippen LogP contribution in [0.5, 0.6) is 5.75 Å². The first-order valence-corrected chi connectivity index (χ1v) is 17.3. The Bertz CT molecular complexity index is 1760. The molecule has 0 bridgehead atoms. The van der Waals surface area contributed by atoms with Crippen molar-refractivity contribution in [2.24, 2.45) is 28.6 Å². The highest BCUT2D eigenvalue weighted by Gasteiger charge is 2.72. The lowest BCUT2D eigenvalue weighted by Gasteiger charge is -2.59. The molecular formula is C40H48O7. The Labute approximate surface area is 277 Å². The number of aliphatic hydroxyl groups is 3. The Morgan fingerprint density at radius 2 is 1.66 bits per heavy atom. The van der Waals surface area contributed by atoms with Crippen molar-refractivity contribution in [1.82, 2.24) is 0 Å². The van der Waals surface area contributed by atoms with Crippen LogP contribution >= 0.6 is 0 Å². The molecule has 0 saturated heterocycles. The van der Waals surface area contributed by atoms with Gasteiger partial charge in [-0.15, -0.1) is 0 Å². The fraction of sp³-hybridized carbons (Fsp3) is 0.525. The molecule has 4 atom stereocenters. The van der Waals surface area contributed by atoms with Gasteiger partial charge in [0.05, 0.1) is 5.56 Å². The van der Waals surface area contributed by atoms with E-state index >= 15 is 0 Å². The lowest BCUT2D eigenvalue weighted by atomic mass is 9.43. The van der Waals surface area contributed by atoms with Gasteiger partial charge in [-0.05, 0) is 78.3 Å². The third-order valence-electron chi connectivity index (χ3n) is 12.0. The zero-order valence-corrected chi connectivity index (χ0v) is 28.5. The third kappa shape index (κ3) is 4.74. The maximum atomic E-state index is 14.6. The zero-order valence-electron chi connectivity index (χ0n) is 28.5. The number of hydrogen-bond donors (Lipinski definition) is 4. The Hall–Kier alpha value is -3.71. The van der Waals surface area contributed by atoms with Crippen molar-refractivity contribution in [3.05, 3.63) is 69.5 Å². The highest BCUT2D eigenvalue weighted by atomic mass is 16.3. The number of ketones is 3. The van der Waals surface area contributed by atoms with E-state index in [2.05, 4.69) is 25.1 Å². The number of fused-ring (bicyclic) bond motifs is 3. The smallest absolute Gasteiger partial charge is 0.203 e. The summed E-state index contributed by atoms with van der Waals surface area (Å²) in [6.45, 7) is 10.3. The Kier molecular flexibility index (Phi) is 8.10. The van der Waals surface area contributed by atoms with E-state index in [-0.39, 0.29) is 35.6 Å². The summed E-state index contributed by atoms with van der Waals surface area (Å²) in [5.74, 6) is -4.51. The monoisotopic (exact) mass is 640 g/mol. The van der Waals surface area contributed by atoms with Crippen LogP contribution in [0.25, 0.3) is 16.9 Å². The van der Waals surface area contributed by atoms with Crippen molar-refractivity contribution < 1.29 is 34.8 Å². The van der Waals surface area contributed by atoms with Crippen LogP contribution in [-0.2, 0) is 33.6 Å². The number of aliphatic hydroxyl groups excluding tert-OH is 2. The summed E-state index contributed by atoms with van der Waals surface area (Å²) < 4.78 is 0. The largest absolute Gasteiger partial charge is 0.508 e. The molecule has 1 unspecified atom stereocenters. The van der Waals surface area contributed by atoms with Gasteiger partial charge in [-0.2, -0.15) is 0 Å². The molecule has 250 valence electrons. The molecule has 7 heteroatoms. The van der Waals surface area contributed by atoms with Gasteiger partial charge in [0.1, 0.15) is 22.8 Å². The summed E-state index contributed by atoms with van der Waals surface area (Å²) in [4.78, 5) is 41.1. The number of carbonyl (C=O) groups excluding carboxylic acids is 3. The number of aryl methyl sites for hydroxylation is 1. The SMILES string of the molecule is CCc1ccc(CC2CCCCC2)cc1-c1ccc(O)c2c1C[C@]1(C)C[C@]3(C)C(C(C)C)C(=O)C(C(C)=O)=C(O)[C@]3(O)C(=O)C1=C2O. The summed E-state index contributed by atoms with van der Waals surface area (Å²) in [6, 6.07) is 10.0. The van der Waals surface area contributed by atoms with Crippen LogP contribution in [0, 0.1) is 28.6 Å². The quantitative estimate of drug-likeness (QED) is 0.240. The van der Waals surface area contributed by atoms with Gasteiger partial charge >= 0.3 is 0 Å². The lowest BCUT2D eigenvalue weighted by Crippen LogP contribution is -2.69. The number of rotatable bonds is 6. The Morgan fingerprint density at radius 3 is 2.28 bits per heavy atom. The third-order valence-corrected chi connectivity index (χ3v) is 12.0. The topological polar surface area (TPSA) is 132 Å². The normalized spacial score (nSPS) is 29.6. The van der Waals surface area contributed by atoms with Crippen LogP contribution in [0.4, 0.5) is 0 Å². The highest BCUT2D eigenvalue weighted by Crippen LogP contribution is 2.65. The number of hydrogen-bond acceptors (Lipinski definition) is 7. The van der Waals surface area contributed by atoms with Crippen molar-refractivity contribution in [1.29, 1.82) is 0 Å². The minimum atomic E-state index is -2.62. The maximum Gasteiger partial charge on any atom is 0.203 e. The number of benzene rings is 2. The van der Waals surface area contributed by atoms with Gasteiger partial charge in [0.2, 0.25) is 5.78 Å². The lowest BCUT2D eigenvalue weighted by molar-refractivity contribution is -0.178. The van der Waals surface area contributed by atoms with Crippen molar-refractivity contribution in [3.8, 4) is 16.9 Å². The predicted molar refractivity (Wildman–Crippen MR) is 181 cm³/mol. The second-order valence-electron chi connectivity index (χ2n) is 15.5. The molecule has 0 aromatic heterocycles. The number of Topliss-reactive ketones (excluding diaryl/α,β-unsaturated/α-hetero) is 3. The van der Waals surface area contributed by atoms with Gasteiger partial charge in [-0.1, -0.05) is 91.0 Å². The molecule has 47 heavy (non-hydrogen) atoms. The highest BCUT2D eigenvalue weighted by molar-refractivity contribution is 6.24. The number of aromatic hydroxyl groups is 1. The van der Waals surface area contributed by atoms with Crippen LogP contribution in [0.3, 0.4) is 0 Å². The average Bonchev–Trinajstić information content (AvgIpc) is 2.99. The second-order valence-corrected chi connectivity index (χ2v) is 15.5. The van der Waals surface area contributed by atoms with E-state index in [1.165, 1.54) is 43.7 Å². The van der Waals surface area contributed by atoms with Gasteiger partial charge in [-0.3, -0.25) is 14.4 Å². The molecule has 0 aliphatic heterocycles. The zero-order chi connectivity index (χ0) is 34.2. The van der Waals surface area contributed by atoms with Gasteiger partial charge in [0.15, 0.2) is 17.2 Å². The minimum absolute atomic E-state index is 0.0718. The number of carbonyl (C=O) groups is 3. The summed E-state index contributed by atoms with van der Waals surface area (Å²) in [6.07, 6.45) is 8.40. The van der Waals surface area contributed by atoms with Crippen LogP contribution in [0.2, 0.25) is 0 Å². The fourth-order valence-electron chi connectivity index (χ4n) is 10.0. The molecular weight excluding hydrogens is 592 g/mol. The molecule has 4 aliphatic carbocycles. The van der Waals surface area contributed by atoms with E-state index in [4.69, 9.17) is 0 Å². The van der Waals surface area contributed by atoms with Gasteiger partial charge in [0, 0.05) is 22.3 Å². The first-order valence-electron chi connectivity index (χ1n) is 17.3. The molecule has 4 N–H and O–H groups in total. The summed E-state index contributed by atoms with van der Waals surface area (Å²) in [7, 11) is 0. The van der Waals surface area contributed by atoms with Crippen molar-refractivity contribution >= 4 is 23.1 Å². The van der Waals surface area contributed by atoms with Crippen LogP contribution in [-0.4, -0.2) is 43.4 Å². The van der Waals surface area contributed by atoms with E-state index < -0.39 is 56.8 Å². The molecule has 2 aromatic carbocycles. The standard InChI is InChI=1S/C40H48O7/c1-7-25-14-13-24(17-23-11-9-8-10-12-23)18-27(25)26-15-16-29(42)31-28(26)19-38(5)20-39(6)32(21(2)3)34(43)30(22(4)41)36(45)40(39,47)37(46)33(38)35(31)44/h13-16,18,21,23,32,42,44-45,47H,7-12,17,19-20H2,1-6H3/t32?,38-,39-,40+/m1/s1. The molecule has 4 aliphatic rings. The van der Waals surface area contributed by atoms with Crippen molar-refractivity contribution in [2.45, 2.75) is 105 Å². The van der Waals surface area contributed by atoms with Crippen molar-refractivity contribution in [3.63, 3.8) is 0 Å². The molecule has 6 rings (SSSR count). The summed E-state index contributed by atoms with van der Waals surface area (Å²) in [5, 5.41) is 46.9. The molecule has 0 spiro atoms. The number of phenols is 1. The van der Waals surface area contributed by atoms with E-state index in [0.29, 0.717) is 11.5 Å². The first kappa shape index (κ1) is 33.2. The maximum absolute atomic E-state index is 14.6. The van der Waals surface area contributed by atoms with E-state index in [0.717, 1.165) is 36.5 Å². The van der Waals surface area contributed by atoms with E-state index in [1.807, 2.05) is 26.8 Å². The number of allylic oxidation sites excluding steroid dienone is 1. The molecule has 2 saturated carbocycles. The average molecular weight is 641 g/mol. The Balaban J connectivity index is 1.56. The summed E-state index contributed by atoms with van der Waals surface area (Å²) in [5.41, 5.74) is -0.719. The molecule has 7 nitrogen and oxygen atoms in total. The van der Waals surface area contributed by atoms with Gasteiger partial charge in [-0.25, -0.2) is 0 Å². The Morgan fingerprint density at radius 1 is 0.979 bits per heavy atom. The summed E-state index contributed by atoms with van der Waals surface area (Å²) >= 11 is 0. The molecule has 0 amide bonds. The van der Waals surface area contributed by atoms with Crippen LogP contribution in [0.1, 0.15) is 102 Å². The van der Waals surface area contributed by atoms with Gasteiger partial charge in [0.25, 0.3) is 0 Å². The van der Waals surface area contributed by atoms with Crippen molar-refractivity contribution in [2.75, 3.05) is 0 Å². The second kappa shape index (κ2) is 11.5. The molecule has 0 heterocycles. The first-order chi connectivity index (χ1) is 22.1. The predicted octanol–water partition coefficient (Wildman–Crippen LogP) is 7.54. The van der Waals surface area contributed by atoms with Gasteiger partial charge < -0.3 is 20.4 Å². The minimum Gasteiger partial charge on any atom is -0.508 e. The molecule has 2 fully saturated rings. The van der Waals surface area contributed by atoms with E-state index in [1.54, 1.807) is 6.92 Å². The molecule has 0 radical (unpaired) electrons.